The first-order chi connectivity index (χ1) is 38.7. The Morgan fingerprint density at radius 3 is 1.74 bits per heavy atom. The summed E-state index contributed by atoms with van der Waals surface area (Å²) in [4.78, 5) is 20.8. The fraction of sp³-hybridized carbons (Fsp3) is 0.360. The van der Waals surface area contributed by atoms with Crippen molar-refractivity contribution < 1.29 is 20.1 Å². The molecule has 0 bridgehead atoms. The van der Waals surface area contributed by atoms with Crippen LogP contribution in [0.2, 0.25) is 0 Å². The fourth-order valence-corrected chi connectivity index (χ4v) is 13.3. The Hall–Kier alpha value is -6.39. The fourth-order valence-electron chi connectivity index (χ4n) is 13.3. The molecule has 11 rings (SSSR count). The zero-order valence-corrected chi connectivity index (χ0v) is 50.6. The van der Waals surface area contributed by atoms with Gasteiger partial charge in [-0.25, -0.2) is 15.0 Å². The van der Waals surface area contributed by atoms with E-state index >= 15 is 0 Å². The van der Waals surface area contributed by atoms with Crippen molar-refractivity contribution in [1.29, 1.82) is 0 Å². The van der Waals surface area contributed by atoms with E-state index in [-0.39, 0.29) is 30.9 Å². The van der Waals surface area contributed by atoms with E-state index in [0.29, 0.717) is 23.5 Å². The quantitative estimate of drug-likeness (QED) is 0.0531. The van der Waals surface area contributed by atoms with Crippen molar-refractivity contribution in [1.82, 2.24) is 19.9 Å². The smallest absolute Gasteiger partial charge is 0.165 e. The van der Waals surface area contributed by atoms with Crippen LogP contribution in [0.1, 0.15) is 190 Å². The maximum Gasteiger partial charge on any atom is 0.165 e. The number of rotatable bonds is 21. The molecule has 2 aliphatic carbocycles. The van der Waals surface area contributed by atoms with Crippen molar-refractivity contribution in [3.8, 4) is 67.4 Å². The van der Waals surface area contributed by atoms with E-state index < -0.39 is 0 Å². The van der Waals surface area contributed by atoms with Gasteiger partial charge >= 0.3 is 0 Å². The third kappa shape index (κ3) is 12.6. The molecule has 7 aromatic carbocycles. The van der Waals surface area contributed by atoms with Gasteiger partial charge in [0.15, 0.2) is 11.6 Å². The van der Waals surface area contributed by atoms with E-state index in [9.17, 15) is 0 Å². The molecule has 0 saturated heterocycles. The molecule has 80 heavy (non-hydrogen) atoms. The second-order valence-corrected chi connectivity index (χ2v) is 24.2. The summed E-state index contributed by atoms with van der Waals surface area (Å²) < 4.78 is 0. The van der Waals surface area contributed by atoms with Crippen molar-refractivity contribution in [2.45, 2.75) is 173 Å². The Morgan fingerprint density at radius 2 is 1.04 bits per heavy atom. The predicted molar refractivity (Wildman–Crippen MR) is 332 cm³/mol. The third-order valence-electron chi connectivity index (χ3n) is 17.7. The second-order valence-electron chi connectivity index (χ2n) is 24.2. The zero-order valence-electron chi connectivity index (χ0n) is 48.2. The van der Waals surface area contributed by atoms with Crippen LogP contribution in [0.5, 0.6) is 0 Å². The van der Waals surface area contributed by atoms with E-state index in [1.807, 2.05) is 6.20 Å². The molecule has 2 aliphatic rings. The van der Waals surface area contributed by atoms with Gasteiger partial charge in [0.25, 0.3) is 0 Å². The summed E-state index contributed by atoms with van der Waals surface area (Å²) >= 11 is 0. The van der Waals surface area contributed by atoms with Crippen LogP contribution in [-0.4, -0.2) is 19.9 Å². The van der Waals surface area contributed by atoms with Crippen LogP contribution in [0.25, 0.3) is 78.2 Å². The number of hydrogen-bond acceptors (Lipinski definition) is 4. The van der Waals surface area contributed by atoms with Gasteiger partial charge < -0.3 is 4.98 Å². The van der Waals surface area contributed by atoms with Crippen LogP contribution >= 0.6 is 0 Å². The van der Waals surface area contributed by atoms with Crippen molar-refractivity contribution in [3.63, 3.8) is 0 Å². The molecule has 0 aliphatic heterocycles. The standard InChI is InChI=1S/C75H81N4.Ir/c1-6-8-10-12-14-23-45-75(46-24-15-13-11-9-7-2)68-50-59(58-38-37-53-27-19-20-30-55(53)47-58)39-42-66(68)67-43-40-61(51-69(67)75)70-44-41-63(52-76-70)72-77-71(78-73(79-72)74(3,4)5)62-34-26-32-57(49-62)56-31-25-33-60(48-56)65-36-22-21-35-64(65)54-28-17-16-18-29-54;/h16-20,25-34,37-39,41-44,47-52,64-65H,6-15,21-24,35-36,45-46H2,1-5H3;/q-1;. The minimum absolute atomic E-state index is 0. The number of hydrogen-bond donors (Lipinski definition) is 0. The van der Waals surface area contributed by atoms with Crippen LogP contribution in [-0.2, 0) is 30.9 Å². The molecule has 1 fully saturated rings. The minimum Gasteiger partial charge on any atom is -0.304 e. The normalized spacial score (nSPS) is 15.6. The van der Waals surface area contributed by atoms with E-state index in [0.717, 1.165) is 41.1 Å². The molecule has 1 radical (unpaired) electrons. The van der Waals surface area contributed by atoms with Crippen molar-refractivity contribution in [2.75, 3.05) is 0 Å². The average molecular weight is 1230 g/mol. The van der Waals surface area contributed by atoms with E-state index in [1.54, 1.807) is 0 Å². The summed E-state index contributed by atoms with van der Waals surface area (Å²) in [6.07, 6.45) is 24.7. The van der Waals surface area contributed by atoms with Crippen LogP contribution in [0.15, 0.2) is 170 Å². The number of nitrogens with zero attached hydrogens (tertiary/aromatic N) is 4. The Labute approximate surface area is 492 Å². The summed E-state index contributed by atoms with van der Waals surface area (Å²) in [7, 11) is 0. The van der Waals surface area contributed by atoms with Gasteiger partial charge in [-0.1, -0.05) is 275 Å². The molecule has 2 atom stereocenters. The topological polar surface area (TPSA) is 51.6 Å². The summed E-state index contributed by atoms with van der Waals surface area (Å²) in [6, 6.07) is 65.1. The van der Waals surface area contributed by atoms with Gasteiger partial charge in [-0.05, 0) is 105 Å². The molecule has 1 saturated carbocycles. The van der Waals surface area contributed by atoms with Crippen LogP contribution < -0.4 is 0 Å². The largest absolute Gasteiger partial charge is 0.304 e. The number of aromatic nitrogens is 4. The third-order valence-corrected chi connectivity index (χ3v) is 17.7. The van der Waals surface area contributed by atoms with Gasteiger partial charge in [0, 0.05) is 48.3 Å². The summed E-state index contributed by atoms with van der Waals surface area (Å²) in [5.41, 5.74) is 16.9. The van der Waals surface area contributed by atoms with Crippen molar-refractivity contribution in [3.05, 3.63) is 204 Å². The first-order valence-electron chi connectivity index (χ1n) is 30.4. The van der Waals surface area contributed by atoms with Crippen LogP contribution in [0.3, 0.4) is 0 Å². The molecule has 2 aromatic heterocycles. The van der Waals surface area contributed by atoms with Crippen LogP contribution in [0, 0.1) is 6.07 Å². The maximum absolute atomic E-state index is 5.23. The van der Waals surface area contributed by atoms with Crippen molar-refractivity contribution >= 4 is 10.8 Å². The molecule has 2 unspecified atom stereocenters. The molecular weight excluding hydrogens is 1150 g/mol. The number of pyridine rings is 1. The molecule has 0 N–H and O–H groups in total. The Bertz CT molecular complexity index is 3480. The summed E-state index contributed by atoms with van der Waals surface area (Å²) in [6.45, 7) is 11.2. The SMILES string of the molecule is CCCCCCCCC1(CCCCCCCC)c2cc(-c3ccc(-c4nc(-c5cccc(-c6cccc(C7CCCCC7c7ccccc7)c6)c5)nc(C(C)(C)C)n4)cn3)[c-]cc2-c2ccc(-c3ccc4ccccc4c3)cc21.[Ir]. The monoisotopic (exact) mass is 1230 g/mol. The molecule has 0 amide bonds. The number of benzene rings is 7. The molecule has 4 nitrogen and oxygen atoms in total. The average Bonchev–Trinajstić information content (AvgIpc) is 3.99. The number of fused-ring (bicyclic) bond motifs is 4. The summed E-state index contributed by atoms with van der Waals surface area (Å²) in [5.74, 6) is 3.12. The van der Waals surface area contributed by atoms with E-state index in [1.165, 1.54) is 169 Å². The molecule has 0 spiro atoms. The van der Waals surface area contributed by atoms with E-state index in [2.05, 4.69) is 204 Å². The van der Waals surface area contributed by atoms with E-state index in [4.69, 9.17) is 19.9 Å². The van der Waals surface area contributed by atoms with Gasteiger partial charge in [0.1, 0.15) is 5.82 Å². The maximum atomic E-state index is 5.23. The van der Waals surface area contributed by atoms with Gasteiger partial charge in [0.2, 0.25) is 0 Å². The minimum atomic E-state index is -0.300. The molecule has 2 heterocycles. The number of unbranched alkanes of at least 4 members (excludes halogenated alkanes) is 10. The van der Waals surface area contributed by atoms with Crippen molar-refractivity contribution in [2.24, 2.45) is 0 Å². The van der Waals surface area contributed by atoms with Crippen LogP contribution in [0.4, 0.5) is 0 Å². The van der Waals surface area contributed by atoms with Gasteiger partial charge in [0.05, 0.1) is 0 Å². The predicted octanol–water partition coefficient (Wildman–Crippen LogP) is 21.1. The molecule has 411 valence electrons. The van der Waals surface area contributed by atoms with Gasteiger partial charge in [-0.2, -0.15) is 0 Å². The molecule has 9 aromatic rings. The first-order valence-corrected chi connectivity index (χ1v) is 30.4. The Kier molecular flexibility index (Phi) is 18.5. The Morgan fingerprint density at radius 1 is 0.475 bits per heavy atom. The molecule has 5 heteroatoms. The zero-order chi connectivity index (χ0) is 54.2. The second kappa shape index (κ2) is 26.0. The Balaban J connectivity index is 0.00000720. The molecular formula is C75H81IrN4-. The first kappa shape index (κ1) is 56.9. The van der Waals surface area contributed by atoms with Gasteiger partial charge in [-0.3, -0.25) is 0 Å². The summed E-state index contributed by atoms with van der Waals surface area (Å²) in [5, 5.41) is 2.56. The van der Waals surface area contributed by atoms with Gasteiger partial charge in [-0.15, -0.1) is 29.3 Å².